The Bertz CT molecular complexity index is 297. The summed E-state index contributed by atoms with van der Waals surface area (Å²) in [5.74, 6) is -0.369. The van der Waals surface area contributed by atoms with Crippen LogP contribution in [0.1, 0.15) is 24.1 Å². The third-order valence-corrected chi connectivity index (χ3v) is 2.18. The Morgan fingerprint density at radius 3 is 2.58 bits per heavy atom. The minimum Gasteiger partial charge on any atom is -0.324 e. The molecule has 0 spiro atoms. The minimum atomic E-state index is -0.369. The van der Waals surface area contributed by atoms with Gasteiger partial charge in [0.2, 0.25) is 0 Å². The SMILES string of the molecule is Cc1ccc(C(C)N)c(Cl)c1F. The Balaban J connectivity index is 3.27. The van der Waals surface area contributed by atoms with E-state index in [1.807, 2.05) is 0 Å². The Hall–Kier alpha value is -0.600. The largest absolute Gasteiger partial charge is 0.324 e. The average molecular weight is 188 g/mol. The number of halogens is 2. The highest BCUT2D eigenvalue weighted by Crippen LogP contribution is 2.26. The van der Waals surface area contributed by atoms with Gasteiger partial charge in [-0.05, 0) is 25.0 Å². The second-order valence-electron chi connectivity index (χ2n) is 2.89. The first-order valence-corrected chi connectivity index (χ1v) is 4.12. The van der Waals surface area contributed by atoms with Crippen molar-refractivity contribution in [3.8, 4) is 0 Å². The van der Waals surface area contributed by atoms with Gasteiger partial charge in [0.1, 0.15) is 5.82 Å². The smallest absolute Gasteiger partial charge is 0.145 e. The molecule has 0 fully saturated rings. The topological polar surface area (TPSA) is 26.0 Å². The molecule has 0 heterocycles. The van der Waals surface area contributed by atoms with E-state index in [1.54, 1.807) is 26.0 Å². The third kappa shape index (κ3) is 1.59. The molecule has 1 aromatic rings. The molecule has 0 aromatic heterocycles. The zero-order valence-electron chi connectivity index (χ0n) is 7.07. The van der Waals surface area contributed by atoms with Crippen LogP contribution in [0.3, 0.4) is 0 Å². The number of aryl methyl sites for hydroxylation is 1. The van der Waals surface area contributed by atoms with Gasteiger partial charge in [-0.15, -0.1) is 0 Å². The van der Waals surface area contributed by atoms with E-state index in [0.717, 1.165) is 0 Å². The van der Waals surface area contributed by atoms with Crippen molar-refractivity contribution in [2.45, 2.75) is 19.9 Å². The van der Waals surface area contributed by atoms with Crippen molar-refractivity contribution in [1.29, 1.82) is 0 Å². The Morgan fingerprint density at radius 2 is 2.08 bits per heavy atom. The van der Waals surface area contributed by atoms with Crippen LogP contribution in [0.4, 0.5) is 4.39 Å². The van der Waals surface area contributed by atoms with Gasteiger partial charge >= 0.3 is 0 Å². The molecule has 12 heavy (non-hydrogen) atoms. The molecule has 0 saturated carbocycles. The van der Waals surface area contributed by atoms with Crippen LogP contribution in [0.25, 0.3) is 0 Å². The summed E-state index contributed by atoms with van der Waals surface area (Å²) in [4.78, 5) is 0. The number of hydrogen-bond acceptors (Lipinski definition) is 1. The lowest BCUT2D eigenvalue weighted by Crippen LogP contribution is -2.06. The predicted molar refractivity (Wildman–Crippen MR) is 48.7 cm³/mol. The monoisotopic (exact) mass is 187 g/mol. The number of nitrogens with two attached hydrogens (primary N) is 1. The number of rotatable bonds is 1. The molecule has 1 atom stereocenters. The van der Waals surface area contributed by atoms with Gasteiger partial charge in [-0.2, -0.15) is 0 Å². The van der Waals surface area contributed by atoms with Gasteiger partial charge in [-0.1, -0.05) is 23.7 Å². The van der Waals surface area contributed by atoms with Crippen LogP contribution in [0, 0.1) is 12.7 Å². The van der Waals surface area contributed by atoms with Gasteiger partial charge in [0.05, 0.1) is 5.02 Å². The summed E-state index contributed by atoms with van der Waals surface area (Å²) in [6.07, 6.45) is 0. The van der Waals surface area contributed by atoms with Crippen molar-refractivity contribution in [2.75, 3.05) is 0 Å². The van der Waals surface area contributed by atoms with Crippen LogP contribution in [-0.4, -0.2) is 0 Å². The molecule has 1 unspecified atom stereocenters. The van der Waals surface area contributed by atoms with Crippen molar-refractivity contribution in [3.63, 3.8) is 0 Å². The maximum Gasteiger partial charge on any atom is 0.145 e. The molecule has 0 aliphatic heterocycles. The van der Waals surface area contributed by atoms with E-state index in [9.17, 15) is 4.39 Å². The lowest BCUT2D eigenvalue weighted by atomic mass is 10.1. The summed E-state index contributed by atoms with van der Waals surface area (Å²) in [6.45, 7) is 3.45. The van der Waals surface area contributed by atoms with Crippen LogP contribution >= 0.6 is 11.6 Å². The first kappa shape index (κ1) is 9.49. The summed E-state index contributed by atoms with van der Waals surface area (Å²) in [5.41, 5.74) is 6.78. The first-order chi connectivity index (χ1) is 5.54. The van der Waals surface area contributed by atoms with Crippen molar-refractivity contribution < 1.29 is 4.39 Å². The number of benzene rings is 1. The van der Waals surface area contributed by atoms with Gasteiger partial charge in [0.15, 0.2) is 0 Å². The van der Waals surface area contributed by atoms with E-state index in [1.165, 1.54) is 0 Å². The van der Waals surface area contributed by atoms with E-state index in [-0.39, 0.29) is 16.9 Å². The lowest BCUT2D eigenvalue weighted by molar-refractivity contribution is 0.613. The predicted octanol–water partition coefficient (Wildman–Crippen LogP) is 2.81. The van der Waals surface area contributed by atoms with Crippen LogP contribution in [0.5, 0.6) is 0 Å². The lowest BCUT2D eigenvalue weighted by Gasteiger charge is -2.09. The first-order valence-electron chi connectivity index (χ1n) is 3.74. The normalized spacial score (nSPS) is 13.1. The summed E-state index contributed by atoms with van der Waals surface area (Å²) < 4.78 is 13.2. The molecular formula is C9H11ClFN. The molecule has 66 valence electrons. The summed E-state index contributed by atoms with van der Waals surface area (Å²) in [7, 11) is 0. The third-order valence-electron chi connectivity index (χ3n) is 1.80. The molecule has 2 N–H and O–H groups in total. The Morgan fingerprint density at radius 1 is 1.50 bits per heavy atom. The average Bonchev–Trinajstić information content (AvgIpc) is 2.00. The molecular weight excluding hydrogens is 177 g/mol. The summed E-state index contributed by atoms with van der Waals surface area (Å²) >= 11 is 5.74. The highest BCUT2D eigenvalue weighted by atomic mass is 35.5. The molecule has 0 aliphatic rings. The molecule has 0 radical (unpaired) electrons. The maximum absolute atomic E-state index is 13.2. The Kier molecular flexibility index (Phi) is 2.70. The van der Waals surface area contributed by atoms with E-state index in [2.05, 4.69) is 0 Å². The van der Waals surface area contributed by atoms with Crippen molar-refractivity contribution >= 4 is 11.6 Å². The second kappa shape index (κ2) is 3.42. The molecule has 0 bridgehead atoms. The molecule has 0 saturated heterocycles. The van der Waals surface area contributed by atoms with Gasteiger partial charge in [-0.25, -0.2) is 4.39 Å². The van der Waals surface area contributed by atoms with Gasteiger partial charge < -0.3 is 5.73 Å². The molecule has 1 aromatic carbocycles. The summed E-state index contributed by atoms with van der Waals surface area (Å²) in [5, 5.41) is 0.144. The van der Waals surface area contributed by atoms with E-state index in [0.29, 0.717) is 11.1 Å². The number of hydrogen-bond donors (Lipinski definition) is 1. The second-order valence-corrected chi connectivity index (χ2v) is 3.27. The van der Waals surface area contributed by atoms with E-state index >= 15 is 0 Å². The van der Waals surface area contributed by atoms with Crippen molar-refractivity contribution in [3.05, 3.63) is 34.1 Å². The zero-order valence-corrected chi connectivity index (χ0v) is 7.82. The fourth-order valence-corrected chi connectivity index (χ4v) is 1.40. The van der Waals surface area contributed by atoms with Crippen molar-refractivity contribution in [1.82, 2.24) is 0 Å². The van der Waals surface area contributed by atoms with Crippen LogP contribution in [0.15, 0.2) is 12.1 Å². The molecule has 1 nitrogen and oxygen atoms in total. The van der Waals surface area contributed by atoms with Gasteiger partial charge in [0.25, 0.3) is 0 Å². The fourth-order valence-electron chi connectivity index (χ4n) is 1.01. The minimum absolute atomic E-state index is 0.144. The highest BCUT2D eigenvalue weighted by molar-refractivity contribution is 6.31. The standard InChI is InChI=1S/C9H11ClFN/c1-5-3-4-7(6(2)12)8(10)9(5)11/h3-4,6H,12H2,1-2H3. The van der Waals surface area contributed by atoms with Crippen molar-refractivity contribution in [2.24, 2.45) is 5.73 Å². The zero-order chi connectivity index (χ0) is 9.30. The molecule has 1 rings (SSSR count). The fraction of sp³-hybridized carbons (Fsp3) is 0.333. The molecule has 0 aliphatic carbocycles. The van der Waals surface area contributed by atoms with Gasteiger partial charge in [0, 0.05) is 6.04 Å². The summed E-state index contributed by atoms with van der Waals surface area (Å²) in [6, 6.07) is 3.21. The van der Waals surface area contributed by atoms with Gasteiger partial charge in [-0.3, -0.25) is 0 Å². The van der Waals surface area contributed by atoms with E-state index < -0.39 is 0 Å². The quantitative estimate of drug-likeness (QED) is 0.719. The van der Waals surface area contributed by atoms with Crippen LogP contribution < -0.4 is 5.73 Å². The van der Waals surface area contributed by atoms with Crippen LogP contribution in [-0.2, 0) is 0 Å². The molecule has 0 amide bonds. The van der Waals surface area contributed by atoms with Crippen LogP contribution in [0.2, 0.25) is 5.02 Å². The molecule has 3 heteroatoms. The van der Waals surface area contributed by atoms with E-state index in [4.69, 9.17) is 17.3 Å². The Labute approximate surface area is 76.3 Å². The maximum atomic E-state index is 13.2. The highest BCUT2D eigenvalue weighted by Gasteiger charge is 2.11.